The zero-order valence-corrected chi connectivity index (χ0v) is 11.6. The molecule has 2 rings (SSSR count). The summed E-state index contributed by atoms with van der Waals surface area (Å²) in [7, 11) is 0. The van der Waals surface area contributed by atoms with E-state index in [0.717, 1.165) is 11.1 Å². The molecule has 2 aromatic carbocycles. The maximum atomic E-state index is 12.3. The molecule has 0 aromatic heterocycles. The quantitative estimate of drug-likeness (QED) is 0.592. The Labute approximate surface area is 119 Å². The lowest BCUT2D eigenvalue weighted by Crippen LogP contribution is -2.14. The summed E-state index contributed by atoms with van der Waals surface area (Å²) in [5.74, 6) is -0.116. The zero-order chi connectivity index (χ0) is 14.4. The van der Waals surface area contributed by atoms with Gasteiger partial charge < -0.3 is 4.74 Å². The van der Waals surface area contributed by atoms with Crippen LogP contribution in [0, 0.1) is 0 Å². The largest absolute Gasteiger partial charge is 0.426 e. The molecule has 2 nitrogen and oxygen atoms in total. The normalized spacial score (nSPS) is 11.7. The summed E-state index contributed by atoms with van der Waals surface area (Å²) in [4.78, 5) is 12.3. The van der Waals surface area contributed by atoms with Crippen LogP contribution in [0.15, 0.2) is 67.2 Å². The molecule has 0 radical (unpaired) electrons. The highest BCUT2D eigenvalue weighted by atomic mass is 16.5. The first-order valence-corrected chi connectivity index (χ1v) is 6.73. The van der Waals surface area contributed by atoms with Gasteiger partial charge in [0.25, 0.3) is 0 Å². The van der Waals surface area contributed by atoms with Crippen molar-refractivity contribution in [2.75, 3.05) is 0 Å². The Morgan fingerprint density at radius 2 is 1.60 bits per heavy atom. The molecule has 0 saturated heterocycles. The summed E-state index contributed by atoms with van der Waals surface area (Å²) in [6, 6.07) is 19.1. The van der Waals surface area contributed by atoms with E-state index in [-0.39, 0.29) is 11.9 Å². The second-order valence-electron chi connectivity index (χ2n) is 4.58. The van der Waals surface area contributed by atoms with Crippen LogP contribution in [0.1, 0.15) is 30.4 Å². The Kier molecular flexibility index (Phi) is 4.72. The first-order chi connectivity index (χ1) is 9.72. The van der Waals surface area contributed by atoms with Gasteiger partial charge in [0, 0.05) is 5.56 Å². The van der Waals surface area contributed by atoms with Crippen molar-refractivity contribution in [3.05, 3.63) is 78.4 Å². The minimum Gasteiger partial charge on any atom is -0.426 e. The van der Waals surface area contributed by atoms with Crippen molar-refractivity contribution in [1.29, 1.82) is 0 Å². The van der Waals surface area contributed by atoms with Crippen molar-refractivity contribution < 1.29 is 9.53 Å². The van der Waals surface area contributed by atoms with Crippen molar-refractivity contribution >= 4 is 11.7 Å². The molecular formula is C18H18O2. The number of esters is 1. The van der Waals surface area contributed by atoms with Crippen molar-refractivity contribution in [2.45, 2.75) is 19.3 Å². The molecule has 2 heteroatoms. The van der Waals surface area contributed by atoms with Crippen molar-refractivity contribution in [2.24, 2.45) is 0 Å². The third-order valence-corrected chi connectivity index (χ3v) is 3.21. The van der Waals surface area contributed by atoms with Gasteiger partial charge in [0.15, 0.2) is 0 Å². The van der Waals surface area contributed by atoms with Gasteiger partial charge in [-0.15, -0.1) is 0 Å². The molecule has 0 amide bonds. The third-order valence-electron chi connectivity index (χ3n) is 3.21. The predicted molar refractivity (Wildman–Crippen MR) is 81.0 cm³/mol. The van der Waals surface area contributed by atoms with Gasteiger partial charge in [-0.2, -0.15) is 0 Å². The molecule has 2 aromatic rings. The second kappa shape index (κ2) is 6.71. The number of carbonyl (C=O) groups excluding carboxylic acids is 1. The lowest BCUT2D eigenvalue weighted by molar-refractivity contribution is -0.138. The van der Waals surface area contributed by atoms with Gasteiger partial charge in [0.05, 0.1) is 5.92 Å². The van der Waals surface area contributed by atoms with Crippen LogP contribution in [0.25, 0.3) is 5.76 Å². The summed E-state index contributed by atoms with van der Waals surface area (Å²) < 4.78 is 5.41. The molecule has 0 aliphatic heterocycles. The molecule has 0 saturated carbocycles. The van der Waals surface area contributed by atoms with Crippen molar-refractivity contribution in [3.8, 4) is 0 Å². The number of hydrogen-bond acceptors (Lipinski definition) is 2. The Bertz CT molecular complexity index is 573. The molecule has 0 aliphatic rings. The molecule has 0 aliphatic carbocycles. The number of hydrogen-bond donors (Lipinski definition) is 0. The van der Waals surface area contributed by atoms with Crippen molar-refractivity contribution in [3.63, 3.8) is 0 Å². The van der Waals surface area contributed by atoms with Gasteiger partial charge >= 0.3 is 5.97 Å². The smallest absolute Gasteiger partial charge is 0.318 e. The number of ether oxygens (including phenoxy) is 1. The Morgan fingerprint density at radius 3 is 2.15 bits per heavy atom. The molecule has 0 N–H and O–H groups in total. The lowest BCUT2D eigenvalue weighted by atomic mass is 9.97. The topological polar surface area (TPSA) is 26.3 Å². The van der Waals surface area contributed by atoms with Gasteiger partial charge in [-0.05, 0) is 12.0 Å². The molecule has 0 fully saturated rings. The molecule has 1 atom stereocenters. The van der Waals surface area contributed by atoms with E-state index in [9.17, 15) is 4.79 Å². The van der Waals surface area contributed by atoms with Crippen LogP contribution in [-0.4, -0.2) is 5.97 Å². The summed E-state index contributed by atoms with van der Waals surface area (Å²) >= 11 is 0. The summed E-state index contributed by atoms with van der Waals surface area (Å²) in [5.41, 5.74) is 1.80. The van der Waals surface area contributed by atoms with Crippen LogP contribution in [0.5, 0.6) is 0 Å². The van der Waals surface area contributed by atoms with Crippen LogP contribution in [-0.2, 0) is 9.53 Å². The number of carbonyl (C=O) groups is 1. The molecule has 20 heavy (non-hydrogen) atoms. The van der Waals surface area contributed by atoms with Gasteiger partial charge in [-0.25, -0.2) is 0 Å². The summed E-state index contributed by atoms with van der Waals surface area (Å²) in [5, 5.41) is 0. The Balaban J connectivity index is 2.09. The van der Waals surface area contributed by atoms with Crippen LogP contribution in [0.4, 0.5) is 0 Å². The fourth-order valence-electron chi connectivity index (χ4n) is 2.10. The molecular weight excluding hydrogens is 248 g/mol. The van der Waals surface area contributed by atoms with E-state index in [1.165, 1.54) is 0 Å². The standard InChI is InChI=1S/C18H18O2/c1-3-17(16-12-8-5-9-13-16)18(19)20-14(2)15-10-6-4-7-11-15/h4-13,17H,2-3H2,1H3. The molecule has 0 spiro atoms. The highest BCUT2D eigenvalue weighted by Crippen LogP contribution is 2.24. The average Bonchev–Trinajstić information content (AvgIpc) is 2.50. The molecule has 0 bridgehead atoms. The Morgan fingerprint density at radius 1 is 1.05 bits per heavy atom. The summed E-state index contributed by atoms with van der Waals surface area (Å²) in [6.45, 7) is 5.81. The maximum absolute atomic E-state index is 12.3. The fraction of sp³-hybridized carbons (Fsp3) is 0.167. The monoisotopic (exact) mass is 266 g/mol. The van der Waals surface area contributed by atoms with Gasteiger partial charge in [-0.3, -0.25) is 4.79 Å². The minimum absolute atomic E-state index is 0.253. The van der Waals surface area contributed by atoms with E-state index < -0.39 is 0 Å². The highest BCUT2D eigenvalue weighted by molar-refractivity contribution is 5.83. The van der Waals surface area contributed by atoms with E-state index in [4.69, 9.17) is 4.74 Å². The van der Waals surface area contributed by atoms with E-state index in [1.807, 2.05) is 67.6 Å². The SMILES string of the molecule is C=C(OC(=O)C(CC)c1ccccc1)c1ccccc1. The van der Waals surface area contributed by atoms with Crippen molar-refractivity contribution in [1.82, 2.24) is 0 Å². The van der Waals surface area contributed by atoms with Gasteiger partial charge in [-0.1, -0.05) is 74.2 Å². The third kappa shape index (κ3) is 3.35. The lowest BCUT2D eigenvalue weighted by Gasteiger charge is -2.15. The highest BCUT2D eigenvalue weighted by Gasteiger charge is 2.21. The minimum atomic E-state index is -0.257. The van der Waals surface area contributed by atoms with Crippen LogP contribution in [0.2, 0.25) is 0 Å². The van der Waals surface area contributed by atoms with Crippen LogP contribution < -0.4 is 0 Å². The van der Waals surface area contributed by atoms with E-state index in [2.05, 4.69) is 6.58 Å². The number of rotatable bonds is 5. The van der Waals surface area contributed by atoms with Gasteiger partial charge in [0.1, 0.15) is 5.76 Å². The molecule has 102 valence electrons. The molecule has 0 heterocycles. The fourth-order valence-corrected chi connectivity index (χ4v) is 2.10. The predicted octanol–water partition coefficient (Wildman–Crippen LogP) is 4.39. The van der Waals surface area contributed by atoms with Crippen LogP contribution >= 0.6 is 0 Å². The first-order valence-electron chi connectivity index (χ1n) is 6.73. The summed E-state index contributed by atoms with van der Waals surface area (Å²) in [6.07, 6.45) is 0.699. The molecule has 1 unspecified atom stereocenters. The second-order valence-corrected chi connectivity index (χ2v) is 4.58. The van der Waals surface area contributed by atoms with E-state index >= 15 is 0 Å². The van der Waals surface area contributed by atoms with Crippen LogP contribution in [0.3, 0.4) is 0 Å². The van der Waals surface area contributed by atoms with E-state index in [1.54, 1.807) is 0 Å². The van der Waals surface area contributed by atoms with Gasteiger partial charge in [0.2, 0.25) is 0 Å². The zero-order valence-electron chi connectivity index (χ0n) is 11.6. The average molecular weight is 266 g/mol. The Hall–Kier alpha value is -2.35. The van der Waals surface area contributed by atoms with E-state index in [0.29, 0.717) is 12.2 Å². The maximum Gasteiger partial charge on any atom is 0.318 e. The first kappa shape index (κ1) is 14.1. The number of benzene rings is 2.